The number of quaternary nitrogens is 1. The first-order valence-corrected chi connectivity index (χ1v) is 30.3. The number of unbranched alkanes of at least 4 members (excludes halogenated alkanes) is 2. The van der Waals surface area contributed by atoms with Gasteiger partial charge in [-0.3, -0.25) is 14.2 Å². The van der Waals surface area contributed by atoms with Gasteiger partial charge in [0, 0.05) is 6.42 Å². The topological polar surface area (TPSA) is 111 Å². The minimum Gasteiger partial charge on any atom is -0.756 e. The highest BCUT2D eigenvalue weighted by Gasteiger charge is 2.21. The Kier molecular flexibility index (Phi) is 52.4. The van der Waals surface area contributed by atoms with Crippen molar-refractivity contribution in [2.75, 3.05) is 47.5 Å². The molecule has 0 amide bonds. The lowest BCUT2D eigenvalue weighted by Gasteiger charge is -2.28. The van der Waals surface area contributed by atoms with Gasteiger partial charge in [0.25, 0.3) is 7.82 Å². The van der Waals surface area contributed by atoms with E-state index in [-0.39, 0.29) is 26.1 Å². The molecule has 0 saturated carbocycles. The number of esters is 2. The first kappa shape index (κ1) is 72.6. The summed E-state index contributed by atoms with van der Waals surface area (Å²) in [7, 11) is 1.05. The Morgan fingerprint density at radius 2 is 0.718 bits per heavy atom. The summed E-state index contributed by atoms with van der Waals surface area (Å²) in [5.74, 6) is -1.06. The molecule has 0 aliphatic heterocycles. The van der Waals surface area contributed by atoms with E-state index in [2.05, 4.69) is 202 Å². The maximum absolute atomic E-state index is 12.8. The molecule has 0 spiro atoms. The van der Waals surface area contributed by atoms with E-state index in [1.807, 2.05) is 33.3 Å². The van der Waals surface area contributed by atoms with Crippen LogP contribution in [-0.4, -0.2) is 70.0 Å². The number of ether oxygens (including phenoxy) is 2. The number of allylic oxidation sites excluding steroid dienone is 33. The number of nitrogens with zero attached hydrogens (tertiary/aromatic N) is 1. The molecule has 9 nitrogen and oxygen atoms in total. The van der Waals surface area contributed by atoms with Crippen LogP contribution in [0.2, 0.25) is 0 Å². The fourth-order valence-electron chi connectivity index (χ4n) is 6.47. The van der Waals surface area contributed by atoms with Crippen molar-refractivity contribution in [3.05, 3.63) is 207 Å². The third-order valence-corrected chi connectivity index (χ3v) is 11.8. The van der Waals surface area contributed by atoms with Gasteiger partial charge in [0.2, 0.25) is 0 Å². The Morgan fingerprint density at radius 1 is 0.410 bits per heavy atom. The van der Waals surface area contributed by atoms with Gasteiger partial charge in [0.15, 0.2) is 6.10 Å². The normalized spacial score (nSPS) is 14.8. The zero-order chi connectivity index (χ0) is 57.0. The van der Waals surface area contributed by atoms with Crippen molar-refractivity contribution in [3.63, 3.8) is 0 Å². The predicted molar refractivity (Wildman–Crippen MR) is 332 cm³/mol. The van der Waals surface area contributed by atoms with Gasteiger partial charge in [-0.05, 0) is 128 Å². The van der Waals surface area contributed by atoms with Crippen molar-refractivity contribution < 1.29 is 42.1 Å². The first-order chi connectivity index (χ1) is 38.0. The van der Waals surface area contributed by atoms with Crippen molar-refractivity contribution in [2.24, 2.45) is 0 Å². The highest BCUT2D eigenvalue weighted by Crippen LogP contribution is 2.38. The second-order valence-electron chi connectivity index (χ2n) is 19.2. The van der Waals surface area contributed by atoms with Crippen molar-refractivity contribution >= 4 is 19.8 Å². The zero-order valence-corrected chi connectivity index (χ0v) is 49.6. The van der Waals surface area contributed by atoms with E-state index in [1.165, 1.54) is 0 Å². The van der Waals surface area contributed by atoms with E-state index < -0.39 is 32.5 Å². The summed E-state index contributed by atoms with van der Waals surface area (Å²) in [4.78, 5) is 37.7. The second kappa shape index (κ2) is 56.3. The molecule has 0 rings (SSSR count). The molecule has 432 valence electrons. The molecule has 0 aromatic carbocycles. The van der Waals surface area contributed by atoms with E-state index in [4.69, 9.17) is 18.5 Å². The van der Waals surface area contributed by atoms with Gasteiger partial charge in [-0.15, -0.1) is 0 Å². The summed E-state index contributed by atoms with van der Waals surface area (Å²) in [6, 6.07) is 0. The number of phosphoric acid groups is 1. The van der Waals surface area contributed by atoms with Crippen molar-refractivity contribution in [1.29, 1.82) is 0 Å². The number of carbonyl (C=O) groups excluding carboxylic acids is 2. The van der Waals surface area contributed by atoms with Crippen LogP contribution in [0.3, 0.4) is 0 Å². The van der Waals surface area contributed by atoms with Crippen molar-refractivity contribution in [3.8, 4) is 0 Å². The van der Waals surface area contributed by atoms with Crippen LogP contribution in [0, 0.1) is 0 Å². The van der Waals surface area contributed by atoms with Crippen molar-refractivity contribution in [2.45, 2.75) is 161 Å². The standard InChI is InChI=1S/C68H102NO8P/c1-6-8-10-12-14-16-18-20-22-23-24-25-26-27-28-29-30-31-32-33-34-35-36-37-38-39-40-41-42-43-44-45-47-49-51-53-55-57-59-61-68(71)77-66(65-76-78(72,73)75-63-62-69(3,4)5)64-74-67(70)60-58-56-54-52-50-48-46-21-19-17-15-13-11-9-7-2/h8-11,14-17,20-22,24-25,27-28,30-31,33-34,36-37,39-40,42-43,45-47,50-53,56,58,66H,6-7,12-13,18-19,23,26,29,32,35,38,41,44,48-49,54-55,57,59-65H2,1-5H3/b10-8-,11-9-,16-14-,17-15-,22-20-,25-24-,28-27-,31-30-,34-33-,37-36-,40-39-,43-42-,46-21-,47-45-,52-50-,53-51-,58-56-. The number of carbonyl (C=O) groups is 2. The van der Waals surface area contributed by atoms with Crippen molar-refractivity contribution in [1.82, 2.24) is 0 Å². The highest BCUT2D eigenvalue weighted by molar-refractivity contribution is 7.45. The van der Waals surface area contributed by atoms with Crippen LogP contribution >= 0.6 is 7.82 Å². The Bertz CT molecular complexity index is 2060. The fourth-order valence-corrected chi connectivity index (χ4v) is 7.20. The number of phosphoric ester groups is 1. The average Bonchev–Trinajstić information content (AvgIpc) is 3.41. The number of hydrogen-bond acceptors (Lipinski definition) is 8. The van der Waals surface area contributed by atoms with Crippen LogP contribution < -0.4 is 4.89 Å². The maximum Gasteiger partial charge on any atom is 0.309 e. The van der Waals surface area contributed by atoms with Gasteiger partial charge in [-0.1, -0.05) is 220 Å². The SMILES string of the molecule is CC/C=C\C/C=C\C/C=C\C/C=C\C/C=C\C/C=C\C/C=C\C/C=C\C/C=C\C/C=C\C/C=C\C/C=C\CCCCC(=O)OC(COC(=O)C/C=C\C/C=C\C/C=C\C/C=C\C/C=C\CC)COP(=O)([O-])OCC[N+](C)(C)C. The molecule has 0 heterocycles. The van der Waals surface area contributed by atoms with Gasteiger partial charge < -0.3 is 27.9 Å². The van der Waals surface area contributed by atoms with Gasteiger partial charge >= 0.3 is 11.9 Å². The summed E-state index contributed by atoms with van der Waals surface area (Å²) in [6.45, 7) is 3.79. The molecule has 0 bridgehead atoms. The summed E-state index contributed by atoms with van der Waals surface area (Å²) < 4.78 is 33.8. The third-order valence-electron chi connectivity index (χ3n) is 10.8. The molecule has 78 heavy (non-hydrogen) atoms. The van der Waals surface area contributed by atoms with Gasteiger partial charge in [0.05, 0.1) is 34.2 Å². The molecule has 2 atom stereocenters. The van der Waals surface area contributed by atoms with E-state index in [1.54, 1.807) is 6.08 Å². The summed E-state index contributed by atoms with van der Waals surface area (Å²) in [5, 5.41) is 0. The number of likely N-dealkylation sites (N-methyl/N-ethyl adjacent to an activating group) is 1. The molecular weight excluding hydrogens is 990 g/mol. The Hall–Kier alpha value is -5.41. The maximum atomic E-state index is 12.8. The fraction of sp³-hybridized carbons (Fsp3) is 0.471. The minimum absolute atomic E-state index is 0.0216. The number of hydrogen-bond donors (Lipinski definition) is 0. The number of rotatable bonds is 49. The lowest BCUT2D eigenvalue weighted by molar-refractivity contribution is -0.870. The molecule has 10 heteroatoms. The van der Waals surface area contributed by atoms with Gasteiger partial charge in [-0.25, -0.2) is 0 Å². The van der Waals surface area contributed by atoms with E-state index in [0.717, 1.165) is 116 Å². The molecule has 2 unspecified atom stereocenters. The zero-order valence-electron chi connectivity index (χ0n) is 48.8. The van der Waals surface area contributed by atoms with Gasteiger partial charge in [-0.2, -0.15) is 0 Å². The average molecular weight is 1090 g/mol. The molecule has 0 aliphatic rings. The molecular formula is C68H102NO8P. The molecule has 0 saturated heterocycles. The van der Waals surface area contributed by atoms with Gasteiger partial charge in [0.1, 0.15) is 19.8 Å². The Balaban J connectivity index is 4.34. The van der Waals surface area contributed by atoms with Crippen LogP contribution in [-0.2, 0) is 32.7 Å². The lowest BCUT2D eigenvalue weighted by atomic mass is 10.2. The minimum atomic E-state index is -4.68. The highest BCUT2D eigenvalue weighted by atomic mass is 31.2. The van der Waals surface area contributed by atoms with Crippen LogP contribution in [0.4, 0.5) is 0 Å². The quantitative estimate of drug-likeness (QED) is 0.0195. The molecule has 0 aliphatic carbocycles. The molecule has 0 aromatic rings. The molecule has 0 fully saturated rings. The monoisotopic (exact) mass is 1090 g/mol. The molecule has 0 radical (unpaired) electrons. The lowest BCUT2D eigenvalue weighted by Crippen LogP contribution is -2.37. The Morgan fingerprint density at radius 3 is 1.04 bits per heavy atom. The second-order valence-corrected chi connectivity index (χ2v) is 20.6. The van der Waals surface area contributed by atoms with E-state index in [0.29, 0.717) is 23.9 Å². The predicted octanol–water partition coefficient (Wildman–Crippen LogP) is 17.7. The summed E-state index contributed by atoms with van der Waals surface area (Å²) in [6.07, 6.45) is 90.7. The Labute approximate surface area is 475 Å². The van der Waals surface area contributed by atoms with Crippen LogP contribution in [0.15, 0.2) is 207 Å². The van der Waals surface area contributed by atoms with Crippen LogP contribution in [0.25, 0.3) is 0 Å². The third kappa shape index (κ3) is 59.8. The van der Waals surface area contributed by atoms with E-state index in [9.17, 15) is 19.0 Å². The molecule has 0 N–H and O–H groups in total. The summed E-state index contributed by atoms with van der Waals surface area (Å²) >= 11 is 0. The first-order valence-electron chi connectivity index (χ1n) is 28.8. The molecule has 0 aromatic heterocycles. The van der Waals surface area contributed by atoms with E-state index >= 15 is 0 Å². The smallest absolute Gasteiger partial charge is 0.309 e. The summed E-state index contributed by atoms with van der Waals surface area (Å²) in [5.41, 5.74) is 0. The largest absolute Gasteiger partial charge is 0.756 e. The van der Waals surface area contributed by atoms with Crippen LogP contribution in [0.1, 0.15) is 155 Å². The van der Waals surface area contributed by atoms with Crippen LogP contribution in [0.5, 0.6) is 0 Å².